The summed E-state index contributed by atoms with van der Waals surface area (Å²) in [7, 11) is 0. The van der Waals surface area contributed by atoms with Gasteiger partial charge in [-0.2, -0.15) is 0 Å². The molecule has 12 nitrogen and oxygen atoms in total. The van der Waals surface area contributed by atoms with E-state index in [4.69, 9.17) is 14.5 Å². The smallest absolute Gasteiger partial charge is 0.409 e. The van der Waals surface area contributed by atoms with E-state index in [1.165, 1.54) is 0 Å². The second-order valence-electron chi connectivity index (χ2n) is 12.7. The van der Waals surface area contributed by atoms with Crippen molar-refractivity contribution < 1.29 is 28.7 Å². The van der Waals surface area contributed by atoms with Gasteiger partial charge < -0.3 is 29.5 Å². The maximum Gasteiger partial charge on any atom is 0.409 e. The minimum atomic E-state index is -0.766. The molecule has 12 heteroatoms. The number of anilines is 1. The summed E-state index contributed by atoms with van der Waals surface area (Å²) in [4.78, 5) is 66.7. The van der Waals surface area contributed by atoms with E-state index in [1.54, 1.807) is 15.9 Å². The zero-order valence-corrected chi connectivity index (χ0v) is 27.3. The molecule has 2 saturated heterocycles. The van der Waals surface area contributed by atoms with E-state index in [0.717, 1.165) is 31.5 Å². The van der Waals surface area contributed by atoms with Gasteiger partial charge in [0.25, 0.3) is 5.91 Å². The Labute approximate surface area is 270 Å². The number of aromatic nitrogens is 2. The van der Waals surface area contributed by atoms with Crippen molar-refractivity contribution in [1.82, 2.24) is 25.1 Å². The lowest BCUT2D eigenvalue weighted by atomic mass is 10.0. The first kappa shape index (κ1) is 33.2. The van der Waals surface area contributed by atoms with E-state index in [1.807, 2.05) is 58.0 Å². The summed E-state index contributed by atoms with van der Waals surface area (Å²) in [5, 5.41) is 2.96. The lowest BCUT2D eigenvalue weighted by Crippen LogP contribution is -2.57. The van der Waals surface area contributed by atoms with Crippen LogP contribution < -0.4 is 10.2 Å². The molecule has 1 N–H and O–H groups in total. The van der Waals surface area contributed by atoms with Crippen LogP contribution in [-0.4, -0.2) is 102 Å². The standard InChI is InChI=1S/C34H46N6O6/c1-5-7-17-46-34(44)39-15-13-38(14-16-39)33(43)30(22(3)4)37-32(42)27-19-28(36-31(35-27)23-11-9-8-10-12-23)40-20-25-24(26(25)21-40)18-29(41)45-6-2/h8-12,19,22,24-26,30H,5-7,13-18,20-21H2,1-4H3,(H,37,42)/t24?,25-,26+,30-/m0/s1. The minimum Gasteiger partial charge on any atom is -0.466 e. The van der Waals surface area contributed by atoms with Crippen LogP contribution in [0.1, 0.15) is 57.4 Å². The molecule has 1 saturated carbocycles. The molecule has 4 atom stereocenters. The number of ether oxygens (including phenoxy) is 2. The molecule has 1 aromatic heterocycles. The number of carbonyl (C=O) groups excluding carboxylic acids is 4. The lowest BCUT2D eigenvalue weighted by molar-refractivity contribution is -0.143. The van der Waals surface area contributed by atoms with E-state index >= 15 is 0 Å². The third kappa shape index (κ3) is 7.76. The SMILES string of the molecule is CCCCOC(=O)N1CCN(C(=O)[C@@H](NC(=O)c2cc(N3C[C@@H]4C(CC(=O)OCC)[C@@H]4C3)nc(-c3ccccc3)n2)C(C)C)CC1. The van der Waals surface area contributed by atoms with E-state index in [2.05, 4.69) is 15.2 Å². The van der Waals surface area contributed by atoms with Gasteiger partial charge in [-0.05, 0) is 37.0 Å². The van der Waals surface area contributed by atoms with Gasteiger partial charge in [0.1, 0.15) is 17.6 Å². The van der Waals surface area contributed by atoms with Crippen LogP contribution in [0.25, 0.3) is 11.4 Å². The summed E-state index contributed by atoms with van der Waals surface area (Å²) in [5.41, 5.74) is 0.969. The van der Waals surface area contributed by atoms with Crippen molar-refractivity contribution in [3.05, 3.63) is 42.1 Å². The Hall–Kier alpha value is -4.22. The third-order valence-corrected chi connectivity index (χ3v) is 9.17. The van der Waals surface area contributed by atoms with Crippen LogP contribution in [0, 0.1) is 23.7 Å². The summed E-state index contributed by atoms with van der Waals surface area (Å²) in [6, 6.07) is 10.4. The van der Waals surface area contributed by atoms with Gasteiger partial charge in [0.2, 0.25) is 5.91 Å². The van der Waals surface area contributed by atoms with E-state index in [-0.39, 0.29) is 29.6 Å². The molecule has 248 valence electrons. The number of hydrogen-bond acceptors (Lipinski definition) is 9. The number of esters is 1. The van der Waals surface area contributed by atoms with Crippen LogP contribution >= 0.6 is 0 Å². The highest BCUT2D eigenvalue weighted by Gasteiger charge is 2.56. The quantitative estimate of drug-likeness (QED) is 0.275. The van der Waals surface area contributed by atoms with Crippen LogP contribution in [0.4, 0.5) is 10.6 Å². The molecule has 46 heavy (non-hydrogen) atoms. The Morgan fingerprint density at radius 2 is 1.61 bits per heavy atom. The van der Waals surface area contributed by atoms with Gasteiger partial charge in [-0.3, -0.25) is 14.4 Å². The molecule has 1 aromatic carbocycles. The van der Waals surface area contributed by atoms with Crippen LogP contribution in [-0.2, 0) is 19.1 Å². The van der Waals surface area contributed by atoms with E-state index < -0.39 is 11.9 Å². The van der Waals surface area contributed by atoms with E-state index in [9.17, 15) is 19.2 Å². The predicted octanol–water partition coefficient (Wildman–Crippen LogP) is 3.61. The van der Waals surface area contributed by atoms with Crippen molar-refractivity contribution in [2.24, 2.45) is 23.7 Å². The second-order valence-corrected chi connectivity index (χ2v) is 12.7. The first-order valence-corrected chi connectivity index (χ1v) is 16.6. The zero-order chi connectivity index (χ0) is 32.8. The topological polar surface area (TPSA) is 134 Å². The van der Waals surface area contributed by atoms with Crippen molar-refractivity contribution in [2.45, 2.75) is 53.0 Å². The van der Waals surface area contributed by atoms with Gasteiger partial charge in [0.05, 0.1) is 13.2 Å². The molecule has 3 aliphatic rings. The molecule has 0 radical (unpaired) electrons. The highest BCUT2D eigenvalue weighted by atomic mass is 16.6. The Bertz CT molecular complexity index is 1380. The van der Waals surface area contributed by atoms with Crippen LogP contribution in [0.5, 0.6) is 0 Å². The van der Waals surface area contributed by atoms with E-state index in [0.29, 0.717) is 75.2 Å². The molecule has 3 fully saturated rings. The highest BCUT2D eigenvalue weighted by molar-refractivity contribution is 5.97. The fourth-order valence-electron chi connectivity index (χ4n) is 6.41. The van der Waals surface area contributed by atoms with Crippen LogP contribution in [0.15, 0.2) is 36.4 Å². The lowest BCUT2D eigenvalue weighted by Gasteiger charge is -2.36. The second kappa shape index (κ2) is 14.9. The fourth-order valence-corrected chi connectivity index (χ4v) is 6.41. The number of piperidine rings is 1. The average molecular weight is 635 g/mol. The molecular weight excluding hydrogens is 588 g/mol. The molecule has 1 aliphatic carbocycles. The van der Waals surface area contributed by atoms with Crippen molar-refractivity contribution >= 4 is 29.7 Å². The summed E-state index contributed by atoms with van der Waals surface area (Å²) in [6.07, 6.45) is 1.84. The highest BCUT2D eigenvalue weighted by Crippen LogP contribution is 2.54. The number of unbranched alkanes of at least 4 members (excludes halogenated alkanes) is 1. The van der Waals surface area contributed by atoms with Gasteiger partial charge >= 0.3 is 12.1 Å². The number of carbonyl (C=O) groups is 4. The maximum absolute atomic E-state index is 13.8. The number of fused-ring (bicyclic) bond motifs is 1. The van der Waals surface area contributed by atoms with Gasteiger partial charge in [-0.15, -0.1) is 0 Å². The first-order chi connectivity index (χ1) is 22.2. The zero-order valence-electron chi connectivity index (χ0n) is 27.3. The molecule has 0 spiro atoms. The van der Waals surface area contributed by atoms with Crippen molar-refractivity contribution in [3.63, 3.8) is 0 Å². The average Bonchev–Trinajstić information content (AvgIpc) is 3.47. The molecule has 3 heterocycles. The number of nitrogens with zero attached hydrogens (tertiary/aromatic N) is 5. The largest absolute Gasteiger partial charge is 0.466 e. The van der Waals surface area contributed by atoms with Crippen molar-refractivity contribution in [3.8, 4) is 11.4 Å². The minimum absolute atomic E-state index is 0.151. The predicted molar refractivity (Wildman–Crippen MR) is 172 cm³/mol. The molecule has 1 unspecified atom stereocenters. The molecule has 5 rings (SSSR count). The van der Waals surface area contributed by atoms with Gasteiger partial charge in [-0.1, -0.05) is 57.5 Å². The molecule has 2 aromatic rings. The van der Waals surface area contributed by atoms with Gasteiger partial charge in [0, 0.05) is 57.3 Å². The number of hydrogen-bond donors (Lipinski definition) is 1. The normalized spacial score (nSPS) is 21.1. The third-order valence-electron chi connectivity index (χ3n) is 9.17. The molecular formula is C34H46N6O6. The molecule has 3 amide bonds. The molecule has 0 bridgehead atoms. The monoisotopic (exact) mass is 634 g/mol. The number of benzene rings is 1. The van der Waals surface area contributed by atoms with Crippen molar-refractivity contribution in [1.29, 1.82) is 0 Å². The first-order valence-electron chi connectivity index (χ1n) is 16.6. The Kier molecular flexibility index (Phi) is 10.7. The summed E-state index contributed by atoms with van der Waals surface area (Å²) >= 11 is 0. The number of piperazine rings is 1. The van der Waals surface area contributed by atoms with Gasteiger partial charge in [0.15, 0.2) is 5.82 Å². The maximum atomic E-state index is 13.8. The summed E-state index contributed by atoms with van der Waals surface area (Å²) < 4.78 is 10.5. The number of nitrogens with one attached hydrogen (secondary N) is 1. The Morgan fingerprint density at radius 3 is 2.24 bits per heavy atom. The van der Waals surface area contributed by atoms with Crippen LogP contribution in [0.3, 0.4) is 0 Å². The summed E-state index contributed by atoms with van der Waals surface area (Å²) in [5.74, 6) is 1.21. The summed E-state index contributed by atoms with van der Waals surface area (Å²) in [6.45, 7) is 11.4. The number of amides is 3. The van der Waals surface area contributed by atoms with Crippen molar-refractivity contribution in [2.75, 3.05) is 57.4 Å². The Balaban J connectivity index is 1.27. The Morgan fingerprint density at radius 1 is 0.935 bits per heavy atom. The van der Waals surface area contributed by atoms with Crippen LogP contribution in [0.2, 0.25) is 0 Å². The fraction of sp³-hybridized carbons (Fsp3) is 0.588. The molecule has 2 aliphatic heterocycles. The van der Waals surface area contributed by atoms with Gasteiger partial charge in [-0.25, -0.2) is 14.8 Å². The number of rotatable bonds is 12.